The zero-order valence-electron chi connectivity index (χ0n) is 22.4. The standard InChI is InChI=1S/C27H31F6N5O3/c1-17(19-12-20(26(28,29)30)14-21(13-19)27(31,32)33)41-25-24(18-6-4-3-5-7-18)38(9-11-40-25)16-23-22(35-37-36-23)15-34-8-10-39-2/h3-7,12-14,17,24-25,34H,8-11,15-16H2,1-2H3,(H,35,36,37)/t17?,24-,25+/m0/s1. The molecule has 1 aromatic heterocycles. The molecule has 2 heterocycles. The van der Waals surface area contributed by atoms with E-state index in [1.54, 1.807) is 7.11 Å². The summed E-state index contributed by atoms with van der Waals surface area (Å²) in [6, 6.07) is 10.1. The van der Waals surface area contributed by atoms with E-state index in [0.29, 0.717) is 56.3 Å². The highest BCUT2D eigenvalue weighted by Gasteiger charge is 2.39. The van der Waals surface area contributed by atoms with Gasteiger partial charge in [-0.05, 0) is 36.2 Å². The van der Waals surface area contributed by atoms with E-state index < -0.39 is 41.9 Å². The lowest BCUT2D eigenvalue weighted by molar-refractivity contribution is -0.231. The Bertz CT molecular complexity index is 1220. The molecule has 41 heavy (non-hydrogen) atoms. The minimum absolute atomic E-state index is 0.0987. The van der Waals surface area contributed by atoms with Crippen molar-refractivity contribution in [3.63, 3.8) is 0 Å². The molecule has 0 amide bonds. The zero-order chi connectivity index (χ0) is 29.6. The highest BCUT2D eigenvalue weighted by molar-refractivity contribution is 5.34. The molecule has 1 aliphatic heterocycles. The summed E-state index contributed by atoms with van der Waals surface area (Å²) in [6.45, 7) is 4.03. The normalized spacial score (nSPS) is 19.4. The molecule has 0 aliphatic carbocycles. The quantitative estimate of drug-likeness (QED) is 0.234. The van der Waals surface area contributed by atoms with Crippen LogP contribution in [0.2, 0.25) is 0 Å². The monoisotopic (exact) mass is 587 g/mol. The Balaban J connectivity index is 1.59. The molecule has 224 valence electrons. The van der Waals surface area contributed by atoms with Gasteiger partial charge in [-0.3, -0.25) is 4.90 Å². The fourth-order valence-corrected chi connectivity index (χ4v) is 4.61. The van der Waals surface area contributed by atoms with E-state index in [1.807, 2.05) is 35.2 Å². The average molecular weight is 588 g/mol. The van der Waals surface area contributed by atoms with E-state index in [1.165, 1.54) is 6.92 Å². The van der Waals surface area contributed by atoms with Gasteiger partial charge in [-0.2, -0.15) is 41.8 Å². The van der Waals surface area contributed by atoms with Crippen molar-refractivity contribution in [1.82, 2.24) is 25.6 Å². The van der Waals surface area contributed by atoms with Crippen molar-refractivity contribution in [3.05, 3.63) is 82.2 Å². The number of ether oxygens (including phenoxy) is 3. The van der Waals surface area contributed by atoms with Crippen LogP contribution in [0.1, 0.15) is 52.7 Å². The summed E-state index contributed by atoms with van der Waals surface area (Å²) < 4.78 is 97.8. The van der Waals surface area contributed by atoms with Gasteiger partial charge in [0.1, 0.15) is 11.4 Å². The molecule has 1 unspecified atom stereocenters. The van der Waals surface area contributed by atoms with Gasteiger partial charge in [0.05, 0.1) is 36.5 Å². The van der Waals surface area contributed by atoms with Crippen LogP contribution >= 0.6 is 0 Å². The van der Waals surface area contributed by atoms with E-state index in [9.17, 15) is 26.3 Å². The number of nitrogens with zero attached hydrogens (tertiary/aromatic N) is 3. The van der Waals surface area contributed by atoms with E-state index in [4.69, 9.17) is 14.2 Å². The number of methoxy groups -OCH3 is 1. The average Bonchev–Trinajstić information content (AvgIpc) is 3.37. The molecule has 0 saturated carbocycles. The van der Waals surface area contributed by atoms with Gasteiger partial charge in [0.25, 0.3) is 0 Å². The number of benzene rings is 2. The summed E-state index contributed by atoms with van der Waals surface area (Å²) in [5.74, 6) is 0. The fourth-order valence-electron chi connectivity index (χ4n) is 4.61. The molecule has 0 spiro atoms. The SMILES string of the molecule is COCCNCc1n[nH]nc1CN1CCO[C@H](OC(C)c2cc(C(F)(F)F)cc(C(F)(F)F)c2)[C@@H]1c1ccccc1. The summed E-state index contributed by atoms with van der Waals surface area (Å²) >= 11 is 0. The molecule has 2 aromatic carbocycles. The number of rotatable bonds is 11. The number of aromatic nitrogens is 3. The lowest BCUT2D eigenvalue weighted by Gasteiger charge is -2.42. The molecule has 1 aliphatic rings. The predicted octanol–water partition coefficient (Wildman–Crippen LogP) is 5.26. The zero-order valence-corrected chi connectivity index (χ0v) is 22.4. The van der Waals surface area contributed by atoms with Crippen LogP contribution in [0.3, 0.4) is 0 Å². The second-order valence-electron chi connectivity index (χ2n) is 9.57. The van der Waals surface area contributed by atoms with Crippen LogP contribution in [-0.2, 0) is 39.7 Å². The number of nitrogens with one attached hydrogen (secondary N) is 2. The van der Waals surface area contributed by atoms with E-state index in [-0.39, 0.29) is 18.2 Å². The lowest BCUT2D eigenvalue weighted by Crippen LogP contribution is -2.46. The minimum atomic E-state index is -4.96. The van der Waals surface area contributed by atoms with Crippen LogP contribution in [0.5, 0.6) is 0 Å². The Morgan fingerprint density at radius 1 is 1.02 bits per heavy atom. The molecule has 1 fully saturated rings. The molecule has 0 bridgehead atoms. The molecule has 3 atom stereocenters. The largest absolute Gasteiger partial charge is 0.416 e. The molecule has 3 aromatic rings. The number of alkyl halides is 6. The summed E-state index contributed by atoms with van der Waals surface area (Å²) in [6.07, 6.45) is -12.1. The van der Waals surface area contributed by atoms with Crippen molar-refractivity contribution in [2.24, 2.45) is 0 Å². The van der Waals surface area contributed by atoms with Gasteiger partial charge >= 0.3 is 12.4 Å². The number of hydrogen-bond donors (Lipinski definition) is 2. The number of H-pyrrole nitrogens is 1. The van der Waals surface area contributed by atoms with Crippen molar-refractivity contribution in [3.8, 4) is 0 Å². The van der Waals surface area contributed by atoms with Gasteiger partial charge in [0.2, 0.25) is 0 Å². The number of morpholine rings is 1. The van der Waals surface area contributed by atoms with Crippen molar-refractivity contribution in [1.29, 1.82) is 0 Å². The molecule has 4 rings (SSSR count). The van der Waals surface area contributed by atoms with Gasteiger partial charge in [-0.1, -0.05) is 30.3 Å². The third kappa shape index (κ3) is 8.04. The van der Waals surface area contributed by atoms with Gasteiger partial charge in [0, 0.05) is 33.3 Å². The van der Waals surface area contributed by atoms with Gasteiger partial charge in [-0.25, -0.2) is 0 Å². The molecular formula is C27H31F6N5O3. The predicted molar refractivity (Wildman–Crippen MR) is 135 cm³/mol. The molecule has 14 heteroatoms. The number of aromatic amines is 1. The Morgan fingerprint density at radius 2 is 1.68 bits per heavy atom. The Morgan fingerprint density at radius 3 is 2.32 bits per heavy atom. The van der Waals surface area contributed by atoms with Crippen molar-refractivity contribution in [2.75, 3.05) is 33.4 Å². The molecular weight excluding hydrogens is 556 g/mol. The first kappa shape index (κ1) is 30.9. The lowest BCUT2D eigenvalue weighted by atomic mass is 10.0. The maximum Gasteiger partial charge on any atom is 0.416 e. The topological polar surface area (TPSA) is 84.5 Å². The Labute approximate surface area is 233 Å². The van der Waals surface area contributed by atoms with Crippen LogP contribution in [0.15, 0.2) is 48.5 Å². The molecule has 8 nitrogen and oxygen atoms in total. The van der Waals surface area contributed by atoms with Crippen LogP contribution in [-0.4, -0.2) is 60.0 Å². The number of halogens is 6. The van der Waals surface area contributed by atoms with Gasteiger partial charge < -0.3 is 19.5 Å². The number of hydrogen-bond acceptors (Lipinski definition) is 7. The van der Waals surface area contributed by atoms with Crippen molar-refractivity contribution < 1.29 is 40.6 Å². The van der Waals surface area contributed by atoms with Crippen LogP contribution in [0.25, 0.3) is 0 Å². The van der Waals surface area contributed by atoms with E-state index in [2.05, 4.69) is 20.7 Å². The Kier molecular flexibility index (Phi) is 10.0. The third-order valence-electron chi connectivity index (χ3n) is 6.70. The smallest absolute Gasteiger partial charge is 0.383 e. The molecule has 2 N–H and O–H groups in total. The first-order chi connectivity index (χ1) is 19.5. The van der Waals surface area contributed by atoms with Crippen LogP contribution in [0, 0.1) is 0 Å². The third-order valence-corrected chi connectivity index (χ3v) is 6.70. The van der Waals surface area contributed by atoms with Gasteiger partial charge in [0.15, 0.2) is 6.29 Å². The summed E-state index contributed by atoms with van der Waals surface area (Å²) in [7, 11) is 1.60. The van der Waals surface area contributed by atoms with E-state index in [0.717, 1.165) is 5.56 Å². The highest BCUT2D eigenvalue weighted by Crippen LogP contribution is 2.39. The first-order valence-electron chi connectivity index (χ1n) is 12.9. The van der Waals surface area contributed by atoms with Crippen molar-refractivity contribution in [2.45, 2.75) is 50.8 Å². The molecule has 0 radical (unpaired) electrons. The van der Waals surface area contributed by atoms with E-state index >= 15 is 0 Å². The van der Waals surface area contributed by atoms with Crippen LogP contribution in [0.4, 0.5) is 26.3 Å². The second kappa shape index (κ2) is 13.3. The summed E-state index contributed by atoms with van der Waals surface area (Å²) in [5, 5.41) is 14.4. The summed E-state index contributed by atoms with van der Waals surface area (Å²) in [5.41, 5.74) is -0.887. The Hall–Kier alpha value is -3.04. The first-order valence-corrected chi connectivity index (χ1v) is 12.9. The maximum absolute atomic E-state index is 13.5. The maximum atomic E-state index is 13.5. The summed E-state index contributed by atoms with van der Waals surface area (Å²) in [4.78, 5) is 2.04. The minimum Gasteiger partial charge on any atom is -0.383 e. The van der Waals surface area contributed by atoms with Gasteiger partial charge in [-0.15, -0.1) is 0 Å². The van der Waals surface area contributed by atoms with Crippen LogP contribution < -0.4 is 5.32 Å². The molecule has 1 saturated heterocycles. The highest BCUT2D eigenvalue weighted by atomic mass is 19.4. The second-order valence-corrected chi connectivity index (χ2v) is 9.57. The van der Waals surface area contributed by atoms with Crippen molar-refractivity contribution >= 4 is 0 Å². The fraction of sp³-hybridized carbons (Fsp3) is 0.481.